The molecule has 0 saturated heterocycles. The molecular formula is C22H26N8. The van der Waals surface area contributed by atoms with Gasteiger partial charge in [0.2, 0.25) is 0 Å². The number of aromatic nitrogens is 8. The van der Waals surface area contributed by atoms with Crippen LogP contribution < -0.4 is 0 Å². The Morgan fingerprint density at radius 2 is 1.83 bits per heavy atom. The number of benzene rings is 1. The van der Waals surface area contributed by atoms with Crippen LogP contribution in [-0.2, 0) is 19.4 Å². The van der Waals surface area contributed by atoms with Crippen molar-refractivity contribution in [1.29, 1.82) is 0 Å². The van der Waals surface area contributed by atoms with Crippen molar-refractivity contribution in [3.63, 3.8) is 0 Å². The van der Waals surface area contributed by atoms with Gasteiger partial charge in [-0.25, -0.2) is 14.8 Å². The fourth-order valence-electron chi connectivity index (χ4n) is 3.47. The summed E-state index contributed by atoms with van der Waals surface area (Å²) in [6.45, 7) is 5.10. The molecule has 0 saturated carbocycles. The zero-order chi connectivity index (χ0) is 20.8. The van der Waals surface area contributed by atoms with Crippen molar-refractivity contribution in [3.05, 3.63) is 59.9 Å². The minimum atomic E-state index is 0.605. The van der Waals surface area contributed by atoms with E-state index in [1.165, 1.54) is 5.56 Å². The summed E-state index contributed by atoms with van der Waals surface area (Å²) < 4.78 is 2.06. The van der Waals surface area contributed by atoms with Gasteiger partial charge in [0.1, 0.15) is 5.82 Å². The number of tetrazole rings is 1. The predicted octanol–water partition coefficient (Wildman–Crippen LogP) is 3.86. The number of hydrogen-bond donors (Lipinski definition) is 1. The third-order valence-corrected chi connectivity index (χ3v) is 5.04. The molecule has 30 heavy (non-hydrogen) atoms. The highest BCUT2D eigenvalue weighted by molar-refractivity contribution is 5.79. The second kappa shape index (κ2) is 9.39. The number of aromatic amines is 1. The predicted molar refractivity (Wildman–Crippen MR) is 115 cm³/mol. The molecule has 3 heterocycles. The van der Waals surface area contributed by atoms with Crippen molar-refractivity contribution >= 4 is 0 Å². The summed E-state index contributed by atoms with van der Waals surface area (Å²) in [4.78, 5) is 8.98. The molecule has 1 aromatic carbocycles. The molecule has 0 aliphatic heterocycles. The van der Waals surface area contributed by atoms with Crippen LogP contribution in [0.5, 0.6) is 0 Å². The normalized spacial score (nSPS) is 11.1. The van der Waals surface area contributed by atoms with Gasteiger partial charge in [-0.1, -0.05) is 44.5 Å². The molecular weight excluding hydrogens is 376 g/mol. The highest BCUT2D eigenvalue weighted by Crippen LogP contribution is 2.29. The van der Waals surface area contributed by atoms with Gasteiger partial charge in [0.15, 0.2) is 11.6 Å². The van der Waals surface area contributed by atoms with Crippen LogP contribution >= 0.6 is 0 Å². The van der Waals surface area contributed by atoms with E-state index in [0.717, 1.165) is 67.0 Å². The molecule has 3 aromatic heterocycles. The van der Waals surface area contributed by atoms with E-state index in [2.05, 4.69) is 68.4 Å². The van der Waals surface area contributed by atoms with Crippen LogP contribution in [0.15, 0.2) is 42.7 Å². The minimum absolute atomic E-state index is 0.605. The molecule has 154 valence electrons. The molecule has 0 aliphatic rings. The average Bonchev–Trinajstić information content (AvgIpc) is 3.44. The number of pyridine rings is 1. The number of aryl methyl sites for hydroxylation is 2. The Labute approximate surface area is 175 Å². The molecule has 1 N–H and O–H groups in total. The van der Waals surface area contributed by atoms with E-state index in [9.17, 15) is 0 Å². The smallest absolute Gasteiger partial charge is 0.181 e. The Balaban J connectivity index is 1.56. The van der Waals surface area contributed by atoms with Gasteiger partial charge in [-0.3, -0.25) is 4.98 Å². The Morgan fingerprint density at radius 3 is 2.57 bits per heavy atom. The van der Waals surface area contributed by atoms with Crippen LogP contribution in [0, 0.1) is 0 Å². The quantitative estimate of drug-likeness (QED) is 0.456. The van der Waals surface area contributed by atoms with E-state index >= 15 is 0 Å². The van der Waals surface area contributed by atoms with Crippen molar-refractivity contribution in [2.24, 2.45) is 0 Å². The topological polar surface area (TPSA) is 98.1 Å². The van der Waals surface area contributed by atoms with Crippen molar-refractivity contribution in [2.45, 2.75) is 52.5 Å². The lowest BCUT2D eigenvalue weighted by Crippen LogP contribution is -2.07. The van der Waals surface area contributed by atoms with E-state index in [-0.39, 0.29) is 0 Å². The number of nitrogens with zero attached hydrogens (tertiary/aromatic N) is 7. The van der Waals surface area contributed by atoms with Gasteiger partial charge in [0.05, 0.1) is 6.54 Å². The first kappa shape index (κ1) is 19.9. The van der Waals surface area contributed by atoms with Crippen LogP contribution in [0.2, 0.25) is 0 Å². The summed E-state index contributed by atoms with van der Waals surface area (Å²) >= 11 is 0. The van der Waals surface area contributed by atoms with Crippen molar-refractivity contribution in [1.82, 2.24) is 40.4 Å². The number of hydrogen-bond acceptors (Lipinski definition) is 6. The number of unbranched alkanes of at least 4 members (excludes halogenated alkanes) is 1. The SMILES string of the molecule is CCCCc1nc(CCC)n(Cc2ccc(-c3ccncc3-c3nnn[nH]3)cc2)n1. The molecule has 0 spiro atoms. The van der Waals surface area contributed by atoms with E-state index < -0.39 is 0 Å². The summed E-state index contributed by atoms with van der Waals surface area (Å²) in [7, 11) is 0. The van der Waals surface area contributed by atoms with Gasteiger partial charge in [0, 0.05) is 30.8 Å². The summed E-state index contributed by atoms with van der Waals surface area (Å²) in [6, 6.07) is 10.5. The van der Waals surface area contributed by atoms with Crippen LogP contribution in [0.4, 0.5) is 0 Å². The molecule has 0 unspecified atom stereocenters. The second-order valence-electron chi connectivity index (χ2n) is 7.32. The number of H-pyrrole nitrogens is 1. The first-order valence-corrected chi connectivity index (χ1v) is 10.5. The minimum Gasteiger partial charge on any atom is -0.264 e. The van der Waals surface area contributed by atoms with Gasteiger partial charge < -0.3 is 0 Å². The molecule has 4 rings (SSSR count). The first-order chi connectivity index (χ1) is 14.8. The molecule has 0 fully saturated rings. The van der Waals surface area contributed by atoms with E-state index in [4.69, 9.17) is 10.1 Å². The van der Waals surface area contributed by atoms with Crippen LogP contribution in [-0.4, -0.2) is 40.4 Å². The molecule has 0 amide bonds. The zero-order valence-corrected chi connectivity index (χ0v) is 17.4. The van der Waals surface area contributed by atoms with Gasteiger partial charge >= 0.3 is 0 Å². The summed E-state index contributed by atoms with van der Waals surface area (Å²) in [6.07, 6.45) is 8.78. The molecule has 4 aromatic rings. The lowest BCUT2D eigenvalue weighted by Gasteiger charge is -2.09. The second-order valence-corrected chi connectivity index (χ2v) is 7.32. The largest absolute Gasteiger partial charge is 0.264 e. The molecule has 8 heteroatoms. The Morgan fingerprint density at radius 1 is 0.967 bits per heavy atom. The summed E-state index contributed by atoms with van der Waals surface area (Å²) in [5.41, 5.74) is 4.19. The molecule has 0 aliphatic carbocycles. The highest BCUT2D eigenvalue weighted by Gasteiger charge is 2.12. The maximum atomic E-state index is 4.76. The van der Waals surface area contributed by atoms with E-state index in [1.54, 1.807) is 12.4 Å². The maximum Gasteiger partial charge on any atom is 0.181 e. The Hall–Kier alpha value is -3.42. The Kier molecular flexibility index (Phi) is 6.22. The fourth-order valence-corrected chi connectivity index (χ4v) is 3.47. The Bertz CT molecular complexity index is 1070. The van der Waals surface area contributed by atoms with Crippen molar-refractivity contribution in [3.8, 4) is 22.5 Å². The van der Waals surface area contributed by atoms with E-state index in [0.29, 0.717) is 5.82 Å². The van der Waals surface area contributed by atoms with Crippen LogP contribution in [0.25, 0.3) is 22.5 Å². The van der Waals surface area contributed by atoms with Gasteiger partial charge in [-0.2, -0.15) is 5.10 Å². The lowest BCUT2D eigenvalue weighted by atomic mass is 10.00. The first-order valence-electron chi connectivity index (χ1n) is 10.5. The van der Waals surface area contributed by atoms with Crippen molar-refractivity contribution in [2.75, 3.05) is 0 Å². The van der Waals surface area contributed by atoms with Gasteiger partial charge in [-0.15, -0.1) is 5.10 Å². The van der Waals surface area contributed by atoms with Crippen molar-refractivity contribution < 1.29 is 0 Å². The number of rotatable bonds is 9. The van der Waals surface area contributed by atoms with Crippen LogP contribution in [0.1, 0.15) is 50.3 Å². The lowest BCUT2D eigenvalue weighted by molar-refractivity contribution is 0.621. The van der Waals surface area contributed by atoms with Crippen LogP contribution in [0.3, 0.4) is 0 Å². The third kappa shape index (κ3) is 4.42. The average molecular weight is 403 g/mol. The fraction of sp³-hybridized carbons (Fsp3) is 0.364. The molecule has 8 nitrogen and oxygen atoms in total. The van der Waals surface area contributed by atoms with Gasteiger partial charge in [-0.05, 0) is 46.0 Å². The molecule has 0 bridgehead atoms. The third-order valence-electron chi connectivity index (χ3n) is 5.04. The van der Waals surface area contributed by atoms with E-state index in [1.807, 2.05) is 6.07 Å². The standard InChI is InChI=1S/C22H26N8/c1-3-5-7-20-24-21(6-4-2)30(27-20)15-16-8-10-17(11-9-16)18-12-13-23-14-19(18)22-25-28-29-26-22/h8-14H,3-7,15H2,1-2H3,(H,25,26,28,29). The monoisotopic (exact) mass is 402 g/mol. The maximum absolute atomic E-state index is 4.76. The number of nitrogens with one attached hydrogen (secondary N) is 1. The zero-order valence-electron chi connectivity index (χ0n) is 17.4. The molecule has 0 atom stereocenters. The van der Waals surface area contributed by atoms with Gasteiger partial charge in [0.25, 0.3) is 0 Å². The summed E-state index contributed by atoms with van der Waals surface area (Å²) in [5.74, 6) is 2.63. The highest BCUT2D eigenvalue weighted by atomic mass is 15.5. The summed E-state index contributed by atoms with van der Waals surface area (Å²) in [5, 5.41) is 18.9. The molecule has 0 radical (unpaired) electrons.